The summed E-state index contributed by atoms with van der Waals surface area (Å²) in [5, 5.41) is 3.07. The van der Waals surface area contributed by atoms with E-state index in [2.05, 4.69) is 27.1 Å². The number of carbonyl (C=O) groups excluding carboxylic acids is 2. The fourth-order valence-electron chi connectivity index (χ4n) is 5.07. The number of hydrogen-bond acceptors (Lipinski definition) is 6. The minimum atomic E-state index is -0.175. The Morgan fingerprint density at radius 3 is 2.49 bits per heavy atom. The third-order valence-electron chi connectivity index (χ3n) is 7.23. The molecular formula is C29H33N5O3. The van der Waals surface area contributed by atoms with Gasteiger partial charge >= 0.3 is 6.03 Å². The minimum absolute atomic E-state index is 0.147. The van der Waals surface area contributed by atoms with Gasteiger partial charge in [-0.15, -0.1) is 0 Å². The van der Waals surface area contributed by atoms with E-state index >= 15 is 0 Å². The van der Waals surface area contributed by atoms with Crippen molar-refractivity contribution < 1.29 is 14.3 Å². The van der Waals surface area contributed by atoms with E-state index in [1.165, 1.54) is 0 Å². The summed E-state index contributed by atoms with van der Waals surface area (Å²) in [5.41, 5.74) is 4.46. The molecular weight excluding hydrogens is 466 g/mol. The molecule has 192 valence electrons. The molecule has 0 bridgehead atoms. The van der Waals surface area contributed by atoms with E-state index < -0.39 is 0 Å². The number of carbonyl (C=O) groups is 2. The Morgan fingerprint density at radius 2 is 1.78 bits per heavy atom. The Balaban J connectivity index is 1.32. The topological polar surface area (TPSA) is 87.7 Å². The number of fused-ring (bicyclic) bond motifs is 1. The van der Waals surface area contributed by atoms with Gasteiger partial charge in [0.25, 0.3) is 0 Å². The molecule has 0 aliphatic carbocycles. The lowest BCUT2D eigenvalue weighted by atomic mass is 9.93. The number of nitrogens with zero attached hydrogens (tertiary/aromatic N) is 4. The van der Waals surface area contributed by atoms with Gasteiger partial charge in [-0.3, -0.25) is 9.69 Å². The molecule has 2 aliphatic heterocycles. The van der Waals surface area contributed by atoms with Gasteiger partial charge in [-0.25, -0.2) is 14.8 Å². The van der Waals surface area contributed by atoms with Gasteiger partial charge in [0.05, 0.1) is 12.2 Å². The molecule has 3 heterocycles. The number of amides is 2. The van der Waals surface area contributed by atoms with Crippen molar-refractivity contribution in [2.75, 3.05) is 34.8 Å². The second-order valence-electron chi connectivity index (χ2n) is 9.81. The molecule has 0 saturated carbocycles. The van der Waals surface area contributed by atoms with Gasteiger partial charge in [-0.05, 0) is 62.4 Å². The number of para-hydroxylation sites is 1. The number of aryl methyl sites for hydroxylation is 1. The van der Waals surface area contributed by atoms with Crippen molar-refractivity contribution in [2.45, 2.75) is 46.1 Å². The maximum Gasteiger partial charge on any atom is 0.326 e. The second kappa shape index (κ2) is 10.6. The number of ketones is 1. The smallest absolute Gasteiger partial charge is 0.326 e. The van der Waals surface area contributed by atoms with Crippen LogP contribution in [0.5, 0.6) is 5.75 Å². The molecule has 1 N–H and O–H groups in total. The van der Waals surface area contributed by atoms with Gasteiger partial charge in [0.2, 0.25) is 5.95 Å². The van der Waals surface area contributed by atoms with Crippen LogP contribution in [-0.4, -0.2) is 47.5 Å². The monoisotopic (exact) mass is 499 g/mol. The summed E-state index contributed by atoms with van der Waals surface area (Å²) in [6, 6.07) is 13.5. The molecule has 5 rings (SSSR count). The highest BCUT2D eigenvalue weighted by atomic mass is 16.5. The molecule has 8 nitrogen and oxygen atoms in total. The first-order chi connectivity index (χ1) is 17.9. The van der Waals surface area contributed by atoms with Crippen molar-refractivity contribution >= 4 is 29.1 Å². The summed E-state index contributed by atoms with van der Waals surface area (Å²) >= 11 is 0. The average Bonchev–Trinajstić information content (AvgIpc) is 2.92. The first kappa shape index (κ1) is 24.7. The number of hydrogen-bond donors (Lipinski definition) is 1. The highest BCUT2D eigenvalue weighted by molar-refractivity contribution is 6.03. The Bertz CT molecular complexity index is 1280. The maximum atomic E-state index is 13.3. The molecule has 0 spiro atoms. The summed E-state index contributed by atoms with van der Waals surface area (Å²) in [7, 11) is 0. The Labute approximate surface area is 217 Å². The van der Waals surface area contributed by atoms with E-state index in [4.69, 9.17) is 4.74 Å². The highest BCUT2D eigenvalue weighted by Crippen LogP contribution is 2.37. The molecule has 1 saturated heterocycles. The molecule has 0 radical (unpaired) electrons. The zero-order chi connectivity index (χ0) is 25.9. The number of urea groups is 1. The van der Waals surface area contributed by atoms with Crippen molar-refractivity contribution in [3.63, 3.8) is 0 Å². The lowest BCUT2D eigenvalue weighted by Crippen LogP contribution is -2.44. The molecule has 1 atom stereocenters. The zero-order valence-electron chi connectivity index (χ0n) is 21.6. The normalized spacial score (nSPS) is 17.6. The van der Waals surface area contributed by atoms with Gasteiger partial charge in [0, 0.05) is 42.7 Å². The van der Waals surface area contributed by atoms with Crippen molar-refractivity contribution in [1.29, 1.82) is 0 Å². The lowest BCUT2D eigenvalue weighted by Gasteiger charge is -2.34. The van der Waals surface area contributed by atoms with Crippen LogP contribution in [0.1, 0.15) is 39.2 Å². The van der Waals surface area contributed by atoms with Crippen LogP contribution in [0.25, 0.3) is 11.1 Å². The Morgan fingerprint density at radius 1 is 1.05 bits per heavy atom. The van der Waals surface area contributed by atoms with E-state index in [0.29, 0.717) is 18.2 Å². The van der Waals surface area contributed by atoms with Crippen LogP contribution in [0, 0.1) is 5.92 Å². The first-order valence-corrected chi connectivity index (χ1v) is 13.0. The van der Waals surface area contributed by atoms with Crippen molar-refractivity contribution in [2.24, 2.45) is 5.92 Å². The molecule has 37 heavy (non-hydrogen) atoms. The number of piperidine rings is 1. The number of rotatable bonds is 5. The number of aromatic nitrogens is 2. The van der Waals surface area contributed by atoms with Crippen LogP contribution >= 0.6 is 0 Å². The number of Topliss-reactive ketones (excluding diaryl/α,β-unsaturated/α-hetero) is 1. The second-order valence-corrected chi connectivity index (χ2v) is 9.81. The number of nitrogens with one attached hydrogen (secondary N) is 1. The number of benzene rings is 2. The van der Waals surface area contributed by atoms with Crippen molar-refractivity contribution in [3.8, 4) is 16.9 Å². The summed E-state index contributed by atoms with van der Waals surface area (Å²) in [4.78, 5) is 38.0. The Hall–Kier alpha value is -3.94. The Kier molecular flexibility index (Phi) is 7.08. The molecule has 2 aromatic carbocycles. The highest BCUT2D eigenvalue weighted by Gasteiger charge is 2.29. The zero-order valence-corrected chi connectivity index (χ0v) is 21.6. The quantitative estimate of drug-likeness (QED) is 0.511. The van der Waals surface area contributed by atoms with E-state index in [9.17, 15) is 9.59 Å². The summed E-state index contributed by atoms with van der Waals surface area (Å²) in [6.45, 7) is 7.74. The largest absolute Gasteiger partial charge is 0.487 e. The number of anilines is 3. The lowest BCUT2D eigenvalue weighted by molar-refractivity contribution is -0.121. The maximum absolute atomic E-state index is 13.3. The van der Waals surface area contributed by atoms with Gasteiger partial charge in [-0.1, -0.05) is 31.2 Å². The number of ether oxygens (including phenoxy) is 1. The molecule has 1 fully saturated rings. The van der Waals surface area contributed by atoms with Gasteiger partial charge in [-0.2, -0.15) is 0 Å². The fourth-order valence-corrected chi connectivity index (χ4v) is 5.07. The van der Waals surface area contributed by atoms with E-state index in [1.807, 2.05) is 61.8 Å². The molecule has 1 aromatic heterocycles. The van der Waals surface area contributed by atoms with Crippen LogP contribution in [0.15, 0.2) is 54.9 Å². The molecule has 8 heteroatoms. The van der Waals surface area contributed by atoms with E-state index in [1.54, 1.807) is 11.8 Å². The van der Waals surface area contributed by atoms with Gasteiger partial charge < -0.3 is 15.0 Å². The molecule has 2 amide bonds. The summed E-state index contributed by atoms with van der Waals surface area (Å²) in [5.74, 6) is 1.76. The van der Waals surface area contributed by atoms with Crippen LogP contribution in [0.4, 0.5) is 22.1 Å². The third-order valence-corrected chi connectivity index (χ3v) is 7.23. The SMILES string of the molecule is CCc1ccccc1NC(=O)N1CC(C)Oc2cc(-c3cnc(N4CCC(C(C)=O)CC4)nc3)ccc21. The minimum Gasteiger partial charge on any atom is -0.487 e. The van der Waals surface area contributed by atoms with Crippen molar-refractivity contribution in [3.05, 3.63) is 60.4 Å². The summed E-state index contributed by atoms with van der Waals surface area (Å²) < 4.78 is 6.12. The van der Waals surface area contributed by atoms with Crippen LogP contribution in [0.3, 0.4) is 0 Å². The van der Waals surface area contributed by atoms with Gasteiger partial charge in [0.1, 0.15) is 17.6 Å². The van der Waals surface area contributed by atoms with Crippen LogP contribution < -0.4 is 19.9 Å². The fraction of sp³-hybridized carbons (Fsp3) is 0.379. The first-order valence-electron chi connectivity index (χ1n) is 13.0. The summed E-state index contributed by atoms with van der Waals surface area (Å²) in [6.07, 6.45) is 6.02. The van der Waals surface area contributed by atoms with E-state index in [-0.39, 0.29) is 23.8 Å². The molecule has 1 unspecified atom stereocenters. The third kappa shape index (κ3) is 5.28. The van der Waals surface area contributed by atoms with Gasteiger partial charge in [0.15, 0.2) is 0 Å². The average molecular weight is 500 g/mol. The predicted octanol–water partition coefficient (Wildman–Crippen LogP) is 5.33. The molecule has 3 aromatic rings. The van der Waals surface area contributed by atoms with Crippen LogP contribution in [0.2, 0.25) is 0 Å². The van der Waals surface area contributed by atoms with Crippen molar-refractivity contribution in [1.82, 2.24) is 9.97 Å². The predicted molar refractivity (Wildman–Crippen MR) is 145 cm³/mol. The standard InChI is InChI=1S/C29H33N5O3/c1-4-21-7-5-6-8-25(21)32-29(36)34-18-19(2)37-27-15-23(9-10-26(27)34)24-16-30-28(31-17-24)33-13-11-22(12-14-33)20(3)35/h5-10,15-17,19,22H,4,11-14,18H2,1-3H3,(H,32,36). The van der Waals surface area contributed by atoms with Crippen LogP contribution in [-0.2, 0) is 11.2 Å². The molecule has 2 aliphatic rings. The van der Waals surface area contributed by atoms with E-state index in [0.717, 1.165) is 60.4 Å².